The van der Waals surface area contributed by atoms with E-state index in [1.54, 1.807) is 0 Å². The number of amidine groups is 1. The molecular weight excluding hydrogens is 184 g/mol. The van der Waals surface area contributed by atoms with Gasteiger partial charge in [0.25, 0.3) is 0 Å². The summed E-state index contributed by atoms with van der Waals surface area (Å²) in [5, 5.41) is 5.03. The second kappa shape index (κ2) is 5.50. The van der Waals surface area contributed by atoms with Crippen LogP contribution in [0.5, 0.6) is 0 Å². The fourth-order valence-corrected chi connectivity index (χ4v) is 2.05. The zero-order valence-corrected chi connectivity index (χ0v) is 9.36. The van der Waals surface area contributed by atoms with Crippen LogP contribution in [-0.4, -0.2) is 36.2 Å². The summed E-state index contributed by atoms with van der Waals surface area (Å²) in [5.41, 5.74) is 0. The highest BCUT2D eigenvalue weighted by Gasteiger charge is 2.16. The van der Waals surface area contributed by atoms with Crippen LogP contribution in [0.25, 0.3) is 0 Å². The molecule has 2 unspecified atom stereocenters. The van der Waals surface area contributed by atoms with Crippen LogP contribution >= 0.6 is 11.8 Å². The maximum Gasteiger partial charge on any atom is 0.157 e. The number of hydrogen-bond acceptors (Lipinski definition) is 4. The molecule has 0 aromatic heterocycles. The van der Waals surface area contributed by atoms with Crippen molar-refractivity contribution in [2.24, 2.45) is 4.99 Å². The zero-order valence-electron chi connectivity index (χ0n) is 8.54. The summed E-state index contributed by atoms with van der Waals surface area (Å²) >= 11 is 1.81. The number of rotatable bonds is 4. The van der Waals surface area contributed by atoms with Crippen molar-refractivity contribution in [3.05, 3.63) is 0 Å². The smallest absolute Gasteiger partial charge is 0.157 e. The molecular formula is C9H18N2OS. The maximum atomic E-state index is 5.31. The van der Waals surface area contributed by atoms with Crippen LogP contribution in [0, 0.1) is 0 Å². The predicted molar refractivity (Wildman–Crippen MR) is 58.4 cm³/mol. The first-order chi connectivity index (χ1) is 6.22. The normalized spacial score (nSPS) is 24.2. The Labute approximate surface area is 84.3 Å². The van der Waals surface area contributed by atoms with Crippen molar-refractivity contribution in [2.75, 3.05) is 19.8 Å². The monoisotopic (exact) mass is 202 g/mol. The molecule has 0 aliphatic carbocycles. The summed E-state index contributed by atoms with van der Waals surface area (Å²) in [6.07, 6.45) is 0. The summed E-state index contributed by atoms with van der Waals surface area (Å²) in [6, 6.07) is 0.358. The average Bonchev–Trinajstić information content (AvgIpc) is 2.48. The summed E-state index contributed by atoms with van der Waals surface area (Å²) < 4.78 is 5.31. The molecule has 1 heterocycles. The molecule has 0 spiro atoms. The third kappa shape index (κ3) is 4.00. The van der Waals surface area contributed by atoms with Gasteiger partial charge in [-0.3, -0.25) is 4.99 Å². The molecule has 2 atom stereocenters. The van der Waals surface area contributed by atoms with E-state index in [1.165, 1.54) is 0 Å². The van der Waals surface area contributed by atoms with Gasteiger partial charge in [0.15, 0.2) is 5.17 Å². The van der Waals surface area contributed by atoms with Gasteiger partial charge in [-0.2, -0.15) is 0 Å². The van der Waals surface area contributed by atoms with Crippen molar-refractivity contribution in [1.82, 2.24) is 5.32 Å². The second-order valence-corrected chi connectivity index (χ2v) is 4.71. The molecule has 0 aromatic rings. The Morgan fingerprint density at radius 1 is 1.77 bits per heavy atom. The van der Waals surface area contributed by atoms with E-state index in [2.05, 4.69) is 24.2 Å². The third-order valence-corrected chi connectivity index (χ3v) is 2.77. The van der Waals surface area contributed by atoms with Crippen LogP contribution < -0.4 is 5.32 Å². The quantitative estimate of drug-likeness (QED) is 0.750. The highest BCUT2D eigenvalue weighted by Crippen LogP contribution is 2.18. The Kier molecular flexibility index (Phi) is 4.59. The highest BCUT2D eigenvalue weighted by atomic mass is 32.2. The van der Waals surface area contributed by atoms with Gasteiger partial charge in [0, 0.05) is 17.9 Å². The van der Waals surface area contributed by atoms with Crippen LogP contribution in [0.1, 0.15) is 20.8 Å². The van der Waals surface area contributed by atoms with Crippen molar-refractivity contribution in [1.29, 1.82) is 0 Å². The molecule has 1 aliphatic rings. The second-order valence-electron chi connectivity index (χ2n) is 3.28. The standard InChI is InChI=1S/C9H18N2OS/c1-4-12-6-7(2)11-9-10-5-8(3)13-9/h7-8H,4-6H2,1-3H3,(H,10,11). The van der Waals surface area contributed by atoms with E-state index < -0.39 is 0 Å². The topological polar surface area (TPSA) is 33.6 Å². The first kappa shape index (κ1) is 10.9. The molecule has 0 fully saturated rings. The van der Waals surface area contributed by atoms with E-state index in [0.717, 1.165) is 24.9 Å². The molecule has 0 aromatic carbocycles. The minimum Gasteiger partial charge on any atom is -0.380 e. The Balaban J connectivity index is 2.17. The molecule has 76 valence electrons. The van der Waals surface area contributed by atoms with Gasteiger partial charge in [-0.05, 0) is 13.8 Å². The van der Waals surface area contributed by atoms with Crippen LogP contribution in [0.15, 0.2) is 4.99 Å². The molecule has 1 aliphatic heterocycles. The highest BCUT2D eigenvalue weighted by molar-refractivity contribution is 8.14. The summed E-state index contributed by atoms with van der Waals surface area (Å²) in [5.74, 6) is 0. The number of hydrogen-bond donors (Lipinski definition) is 1. The minimum absolute atomic E-state index is 0.358. The Morgan fingerprint density at radius 3 is 3.08 bits per heavy atom. The predicted octanol–water partition coefficient (Wildman–Crippen LogP) is 1.49. The number of ether oxygens (including phenoxy) is 1. The van der Waals surface area contributed by atoms with Crippen molar-refractivity contribution in [3.63, 3.8) is 0 Å². The van der Waals surface area contributed by atoms with Gasteiger partial charge < -0.3 is 10.1 Å². The summed E-state index contributed by atoms with van der Waals surface area (Å²) in [6.45, 7) is 8.79. The number of nitrogens with one attached hydrogen (secondary N) is 1. The third-order valence-electron chi connectivity index (χ3n) is 1.75. The molecule has 0 amide bonds. The molecule has 3 nitrogen and oxygen atoms in total. The van der Waals surface area contributed by atoms with E-state index in [4.69, 9.17) is 4.74 Å². The molecule has 13 heavy (non-hydrogen) atoms. The van der Waals surface area contributed by atoms with Crippen LogP contribution in [-0.2, 0) is 4.74 Å². The first-order valence-corrected chi connectivity index (χ1v) is 5.65. The zero-order chi connectivity index (χ0) is 9.68. The molecule has 0 saturated heterocycles. The lowest BCUT2D eigenvalue weighted by molar-refractivity contribution is 0.133. The molecule has 1 N–H and O–H groups in total. The van der Waals surface area contributed by atoms with E-state index in [-0.39, 0.29) is 0 Å². The molecule has 4 heteroatoms. The van der Waals surface area contributed by atoms with Crippen LogP contribution in [0.4, 0.5) is 0 Å². The van der Waals surface area contributed by atoms with Gasteiger partial charge >= 0.3 is 0 Å². The van der Waals surface area contributed by atoms with Crippen LogP contribution in [0.2, 0.25) is 0 Å². The Morgan fingerprint density at radius 2 is 2.54 bits per heavy atom. The van der Waals surface area contributed by atoms with Gasteiger partial charge in [-0.1, -0.05) is 18.7 Å². The minimum atomic E-state index is 0.358. The van der Waals surface area contributed by atoms with Crippen molar-refractivity contribution in [2.45, 2.75) is 32.1 Å². The molecule has 1 rings (SSSR count). The summed E-state index contributed by atoms with van der Waals surface area (Å²) in [4.78, 5) is 4.38. The average molecular weight is 202 g/mol. The molecule has 0 bridgehead atoms. The first-order valence-electron chi connectivity index (χ1n) is 4.77. The van der Waals surface area contributed by atoms with Gasteiger partial charge in [-0.25, -0.2) is 0 Å². The van der Waals surface area contributed by atoms with E-state index in [9.17, 15) is 0 Å². The van der Waals surface area contributed by atoms with Gasteiger partial charge in [0.2, 0.25) is 0 Å². The van der Waals surface area contributed by atoms with Crippen molar-refractivity contribution >= 4 is 16.9 Å². The number of aliphatic imine (C=N–C) groups is 1. The molecule has 0 radical (unpaired) electrons. The fourth-order valence-electron chi connectivity index (χ4n) is 1.10. The lowest BCUT2D eigenvalue weighted by Gasteiger charge is -2.14. The van der Waals surface area contributed by atoms with E-state index >= 15 is 0 Å². The number of nitrogens with zero attached hydrogens (tertiary/aromatic N) is 1. The largest absolute Gasteiger partial charge is 0.380 e. The van der Waals surface area contributed by atoms with Gasteiger partial charge in [0.1, 0.15) is 0 Å². The Hall–Kier alpha value is -0.220. The van der Waals surface area contributed by atoms with Crippen molar-refractivity contribution in [3.8, 4) is 0 Å². The summed E-state index contributed by atoms with van der Waals surface area (Å²) in [7, 11) is 0. The lowest BCUT2D eigenvalue weighted by atomic mass is 10.4. The maximum absolute atomic E-state index is 5.31. The SMILES string of the molecule is CCOCC(C)NC1=NCC(C)S1. The Bertz CT molecular complexity index is 184. The fraction of sp³-hybridized carbons (Fsp3) is 0.889. The lowest BCUT2D eigenvalue weighted by Crippen LogP contribution is -2.33. The molecule has 0 saturated carbocycles. The van der Waals surface area contributed by atoms with E-state index in [0.29, 0.717) is 11.3 Å². The van der Waals surface area contributed by atoms with Crippen LogP contribution in [0.3, 0.4) is 0 Å². The van der Waals surface area contributed by atoms with Gasteiger partial charge in [0.05, 0.1) is 13.2 Å². The van der Waals surface area contributed by atoms with Crippen molar-refractivity contribution < 1.29 is 4.74 Å². The van der Waals surface area contributed by atoms with Gasteiger partial charge in [-0.15, -0.1) is 0 Å². The van der Waals surface area contributed by atoms with E-state index in [1.807, 2.05) is 18.7 Å². The number of thioether (sulfide) groups is 1.